The minimum atomic E-state index is -0.566. The van der Waals surface area contributed by atoms with Crippen LogP contribution >= 0.6 is 0 Å². The molecule has 0 bridgehead atoms. The van der Waals surface area contributed by atoms with Gasteiger partial charge in [0.2, 0.25) is 11.8 Å². The van der Waals surface area contributed by atoms with Gasteiger partial charge in [-0.2, -0.15) is 0 Å². The number of anilines is 1. The van der Waals surface area contributed by atoms with Crippen LogP contribution in [0.1, 0.15) is 38.2 Å². The van der Waals surface area contributed by atoms with E-state index in [0.29, 0.717) is 50.0 Å². The van der Waals surface area contributed by atoms with E-state index in [1.807, 2.05) is 12.1 Å². The standard InChI is InChI=1S/C19H24N2O4/c1-12(22)21-7-5-19(6-8-21)14-9-16(24-2)17(25-11-13-3-4-13)10-15(14)20-18(19)23/h9-10,13H,3-8,11H2,1-2H3,(H,20,23). The van der Waals surface area contributed by atoms with Crippen LogP contribution in [0, 0.1) is 5.92 Å². The molecule has 1 saturated heterocycles. The Morgan fingerprint density at radius 1 is 1.28 bits per heavy atom. The van der Waals surface area contributed by atoms with Crippen LogP contribution in [0.3, 0.4) is 0 Å². The van der Waals surface area contributed by atoms with Crippen molar-refractivity contribution in [3.63, 3.8) is 0 Å². The summed E-state index contributed by atoms with van der Waals surface area (Å²) in [5, 5.41) is 3.02. The van der Waals surface area contributed by atoms with Crippen molar-refractivity contribution in [3.05, 3.63) is 17.7 Å². The molecule has 134 valence electrons. The van der Waals surface area contributed by atoms with Gasteiger partial charge >= 0.3 is 0 Å². The summed E-state index contributed by atoms with van der Waals surface area (Å²) in [7, 11) is 1.63. The predicted octanol–water partition coefficient (Wildman–Crippen LogP) is 2.32. The van der Waals surface area contributed by atoms with Crippen LogP contribution in [-0.4, -0.2) is 43.5 Å². The van der Waals surface area contributed by atoms with Crippen LogP contribution < -0.4 is 14.8 Å². The number of methoxy groups -OCH3 is 1. The third-order valence-corrected chi connectivity index (χ3v) is 5.74. The maximum Gasteiger partial charge on any atom is 0.235 e. The average Bonchev–Trinajstić information content (AvgIpc) is 3.40. The van der Waals surface area contributed by atoms with E-state index in [4.69, 9.17) is 9.47 Å². The zero-order valence-corrected chi connectivity index (χ0v) is 14.8. The Morgan fingerprint density at radius 3 is 2.60 bits per heavy atom. The number of nitrogens with zero attached hydrogens (tertiary/aromatic N) is 1. The summed E-state index contributed by atoms with van der Waals surface area (Å²) in [5.41, 5.74) is 1.22. The van der Waals surface area contributed by atoms with Gasteiger partial charge in [0.05, 0.1) is 19.1 Å². The van der Waals surface area contributed by atoms with Crippen molar-refractivity contribution in [3.8, 4) is 11.5 Å². The quantitative estimate of drug-likeness (QED) is 0.910. The van der Waals surface area contributed by atoms with E-state index in [1.165, 1.54) is 12.8 Å². The summed E-state index contributed by atoms with van der Waals surface area (Å²) in [5.74, 6) is 2.09. The second-order valence-corrected chi connectivity index (χ2v) is 7.35. The Hall–Kier alpha value is -2.24. The Morgan fingerprint density at radius 2 is 2.00 bits per heavy atom. The van der Waals surface area contributed by atoms with E-state index in [9.17, 15) is 9.59 Å². The van der Waals surface area contributed by atoms with Crippen molar-refractivity contribution in [1.82, 2.24) is 4.90 Å². The minimum absolute atomic E-state index is 0.0205. The number of hydrogen-bond donors (Lipinski definition) is 1. The second kappa shape index (κ2) is 5.93. The first-order valence-electron chi connectivity index (χ1n) is 8.96. The molecular weight excluding hydrogens is 320 g/mol. The van der Waals surface area contributed by atoms with Gasteiger partial charge in [-0.3, -0.25) is 9.59 Å². The van der Waals surface area contributed by atoms with E-state index in [2.05, 4.69) is 5.32 Å². The van der Waals surface area contributed by atoms with E-state index in [-0.39, 0.29) is 11.8 Å². The molecule has 0 aromatic heterocycles. The Labute approximate surface area is 147 Å². The number of nitrogens with one attached hydrogen (secondary N) is 1. The first-order chi connectivity index (χ1) is 12.0. The molecule has 1 saturated carbocycles. The molecule has 2 aliphatic heterocycles. The predicted molar refractivity (Wildman–Crippen MR) is 93.0 cm³/mol. The number of hydrogen-bond acceptors (Lipinski definition) is 4. The minimum Gasteiger partial charge on any atom is -0.493 e. The molecule has 1 aliphatic carbocycles. The Balaban J connectivity index is 1.63. The summed E-state index contributed by atoms with van der Waals surface area (Å²) in [6.45, 7) is 3.48. The fourth-order valence-electron chi connectivity index (χ4n) is 3.89. The van der Waals surface area contributed by atoms with Crippen molar-refractivity contribution in [2.75, 3.05) is 32.1 Å². The highest BCUT2D eigenvalue weighted by atomic mass is 16.5. The highest BCUT2D eigenvalue weighted by Crippen LogP contribution is 2.49. The molecule has 1 aromatic carbocycles. The number of carbonyl (C=O) groups excluding carboxylic acids is 2. The first-order valence-corrected chi connectivity index (χ1v) is 8.96. The summed E-state index contributed by atoms with van der Waals surface area (Å²) in [4.78, 5) is 26.2. The molecule has 1 N–H and O–H groups in total. The highest BCUT2D eigenvalue weighted by molar-refractivity contribution is 6.07. The molecule has 0 radical (unpaired) electrons. The monoisotopic (exact) mass is 344 g/mol. The summed E-state index contributed by atoms with van der Waals surface area (Å²) < 4.78 is 11.4. The van der Waals surface area contributed by atoms with E-state index in [0.717, 1.165) is 11.3 Å². The normalized spacial score (nSPS) is 21.0. The van der Waals surface area contributed by atoms with Crippen molar-refractivity contribution in [1.29, 1.82) is 0 Å². The topological polar surface area (TPSA) is 67.9 Å². The fourth-order valence-corrected chi connectivity index (χ4v) is 3.89. The summed E-state index contributed by atoms with van der Waals surface area (Å²) >= 11 is 0. The molecule has 3 aliphatic rings. The van der Waals surface area contributed by atoms with E-state index < -0.39 is 5.41 Å². The third-order valence-electron chi connectivity index (χ3n) is 5.74. The number of likely N-dealkylation sites (tertiary alicyclic amines) is 1. The lowest BCUT2D eigenvalue weighted by Gasteiger charge is -2.37. The molecule has 1 aromatic rings. The molecule has 25 heavy (non-hydrogen) atoms. The molecule has 2 heterocycles. The van der Waals surface area contributed by atoms with Gasteiger partial charge in [-0.05, 0) is 43.2 Å². The van der Waals surface area contributed by atoms with Crippen LogP contribution in [-0.2, 0) is 15.0 Å². The number of rotatable bonds is 4. The van der Waals surface area contributed by atoms with Crippen LogP contribution in [0.4, 0.5) is 5.69 Å². The fraction of sp³-hybridized carbons (Fsp3) is 0.579. The molecule has 1 spiro atoms. The zero-order chi connectivity index (χ0) is 17.6. The van der Waals surface area contributed by atoms with Gasteiger partial charge in [0, 0.05) is 31.8 Å². The van der Waals surface area contributed by atoms with Crippen molar-refractivity contribution >= 4 is 17.5 Å². The summed E-state index contributed by atoms with van der Waals surface area (Å²) in [6.07, 6.45) is 3.72. The molecule has 2 amide bonds. The number of benzene rings is 1. The molecule has 0 unspecified atom stereocenters. The van der Waals surface area contributed by atoms with Crippen molar-refractivity contribution < 1.29 is 19.1 Å². The largest absolute Gasteiger partial charge is 0.493 e. The van der Waals surface area contributed by atoms with Gasteiger partial charge < -0.3 is 19.7 Å². The van der Waals surface area contributed by atoms with Gasteiger partial charge in [0.15, 0.2) is 11.5 Å². The number of piperidine rings is 1. The van der Waals surface area contributed by atoms with Gasteiger partial charge in [0.25, 0.3) is 0 Å². The molecule has 2 fully saturated rings. The molecule has 4 rings (SSSR count). The Kier molecular flexibility index (Phi) is 3.85. The average molecular weight is 344 g/mol. The number of fused-ring (bicyclic) bond motifs is 2. The first kappa shape index (κ1) is 16.2. The number of amides is 2. The van der Waals surface area contributed by atoms with Crippen LogP contribution in [0.2, 0.25) is 0 Å². The van der Waals surface area contributed by atoms with Gasteiger partial charge in [-0.1, -0.05) is 0 Å². The SMILES string of the molecule is COc1cc2c(cc1OCC1CC1)NC(=O)C21CCN(C(C)=O)CC1. The lowest BCUT2D eigenvalue weighted by atomic mass is 9.73. The smallest absolute Gasteiger partial charge is 0.235 e. The van der Waals surface area contributed by atoms with Crippen LogP contribution in [0.15, 0.2) is 12.1 Å². The number of ether oxygens (including phenoxy) is 2. The van der Waals surface area contributed by atoms with Crippen LogP contribution in [0.25, 0.3) is 0 Å². The number of carbonyl (C=O) groups is 2. The zero-order valence-electron chi connectivity index (χ0n) is 14.8. The maximum absolute atomic E-state index is 12.8. The van der Waals surface area contributed by atoms with Crippen LogP contribution in [0.5, 0.6) is 11.5 Å². The molecule has 6 nitrogen and oxygen atoms in total. The molecule has 0 atom stereocenters. The summed E-state index contributed by atoms with van der Waals surface area (Å²) in [6, 6.07) is 3.83. The third kappa shape index (κ3) is 2.73. The maximum atomic E-state index is 12.8. The highest BCUT2D eigenvalue weighted by Gasteiger charge is 2.49. The lowest BCUT2D eigenvalue weighted by Crippen LogP contribution is -2.47. The second-order valence-electron chi connectivity index (χ2n) is 7.35. The van der Waals surface area contributed by atoms with Crippen molar-refractivity contribution in [2.24, 2.45) is 5.92 Å². The van der Waals surface area contributed by atoms with Gasteiger partial charge in [-0.15, -0.1) is 0 Å². The lowest BCUT2D eigenvalue weighted by molar-refractivity contribution is -0.133. The van der Waals surface area contributed by atoms with E-state index >= 15 is 0 Å². The molecule has 6 heteroatoms. The van der Waals surface area contributed by atoms with Gasteiger partial charge in [-0.25, -0.2) is 0 Å². The van der Waals surface area contributed by atoms with Gasteiger partial charge in [0.1, 0.15) is 0 Å². The Bertz CT molecular complexity index is 718. The molecular formula is C19H24N2O4. The van der Waals surface area contributed by atoms with E-state index in [1.54, 1.807) is 18.9 Å². The van der Waals surface area contributed by atoms with Crippen molar-refractivity contribution in [2.45, 2.75) is 38.0 Å².